The monoisotopic (exact) mass is 482 g/mol. The van der Waals surface area contributed by atoms with E-state index in [2.05, 4.69) is 15.2 Å². The van der Waals surface area contributed by atoms with Crippen molar-refractivity contribution in [3.05, 3.63) is 71.5 Å². The SMILES string of the molecule is Cc1cccc2c1c(C1=C(c3c[nH]c4ccccc34)C(=O)NC1=O)cn2CC(O)CN1CCCCC1. The number of aliphatic hydroxyl groups is 1. The number of carbonyl (C=O) groups is 2. The maximum Gasteiger partial charge on any atom is 0.259 e. The molecule has 2 aliphatic rings. The molecule has 4 heterocycles. The number of β-amino-alcohol motifs (C(OH)–C–C–N with tert-alkyl or cyclic N) is 1. The maximum absolute atomic E-state index is 13.2. The van der Waals surface area contributed by atoms with Gasteiger partial charge in [-0.15, -0.1) is 0 Å². The average molecular weight is 483 g/mol. The van der Waals surface area contributed by atoms with Gasteiger partial charge in [0.2, 0.25) is 0 Å². The van der Waals surface area contributed by atoms with E-state index in [-0.39, 0.29) is 5.91 Å². The number of likely N-dealkylation sites (tertiary alicyclic amines) is 1. The Morgan fingerprint density at radius 2 is 1.67 bits per heavy atom. The van der Waals surface area contributed by atoms with Crippen molar-refractivity contribution >= 4 is 44.8 Å². The zero-order chi connectivity index (χ0) is 24.8. The number of benzene rings is 2. The summed E-state index contributed by atoms with van der Waals surface area (Å²) in [5, 5.41) is 15.3. The second kappa shape index (κ2) is 9.08. The van der Waals surface area contributed by atoms with E-state index in [4.69, 9.17) is 0 Å². The summed E-state index contributed by atoms with van der Waals surface area (Å²) in [6.07, 6.45) is 6.80. The minimum Gasteiger partial charge on any atom is -0.390 e. The molecule has 36 heavy (non-hydrogen) atoms. The lowest BCUT2D eigenvalue weighted by atomic mass is 9.94. The van der Waals surface area contributed by atoms with Gasteiger partial charge in [0.05, 0.1) is 17.3 Å². The van der Waals surface area contributed by atoms with Gasteiger partial charge in [-0.2, -0.15) is 0 Å². The van der Waals surface area contributed by atoms with Crippen molar-refractivity contribution < 1.29 is 14.7 Å². The number of amides is 2. The van der Waals surface area contributed by atoms with Crippen molar-refractivity contribution in [2.75, 3.05) is 19.6 Å². The van der Waals surface area contributed by atoms with Crippen molar-refractivity contribution in [3.63, 3.8) is 0 Å². The lowest BCUT2D eigenvalue weighted by Crippen LogP contribution is -2.37. The highest BCUT2D eigenvalue weighted by molar-refractivity contribution is 6.50. The third-order valence-electron chi connectivity index (χ3n) is 7.50. The molecule has 7 heteroatoms. The number of aromatic nitrogens is 2. The number of aliphatic hydroxyl groups excluding tert-OH is 1. The topological polar surface area (TPSA) is 90.4 Å². The van der Waals surface area contributed by atoms with Gasteiger partial charge in [-0.3, -0.25) is 14.9 Å². The predicted molar refractivity (Wildman–Crippen MR) is 141 cm³/mol. The summed E-state index contributed by atoms with van der Waals surface area (Å²) >= 11 is 0. The first-order valence-electron chi connectivity index (χ1n) is 12.7. The van der Waals surface area contributed by atoms with Gasteiger partial charge < -0.3 is 19.6 Å². The van der Waals surface area contributed by atoms with Crippen LogP contribution in [0.5, 0.6) is 0 Å². The summed E-state index contributed by atoms with van der Waals surface area (Å²) in [6.45, 7) is 5.11. The average Bonchev–Trinajstić information content (AvgIpc) is 3.53. The lowest BCUT2D eigenvalue weighted by molar-refractivity contribution is -0.122. The number of imide groups is 1. The Kier molecular flexibility index (Phi) is 5.74. The lowest BCUT2D eigenvalue weighted by Gasteiger charge is -2.28. The first-order chi connectivity index (χ1) is 17.5. The van der Waals surface area contributed by atoms with E-state index in [0.717, 1.165) is 46.0 Å². The molecule has 1 fully saturated rings. The van der Waals surface area contributed by atoms with Crippen molar-refractivity contribution in [2.45, 2.75) is 38.8 Å². The number of aromatic amines is 1. The number of nitrogens with zero attached hydrogens (tertiary/aromatic N) is 2. The molecule has 1 saturated heterocycles. The Morgan fingerprint density at radius 1 is 0.917 bits per heavy atom. The van der Waals surface area contributed by atoms with Gasteiger partial charge >= 0.3 is 0 Å². The Bertz CT molecular complexity index is 1520. The maximum atomic E-state index is 13.2. The summed E-state index contributed by atoms with van der Waals surface area (Å²) in [6, 6.07) is 13.8. The number of piperidine rings is 1. The van der Waals surface area contributed by atoms with Crippen LogP contribution in [-0.4, -0.2) is 57.1 Å². The summed E-state index contributed by atoms with van der Waals surface area (Å²) in [4.78, 5) is 31.8. The van der Waals surface area contributed by atoms with E-state index in [0.29, 0.717) is 29.8 Å². The molecule has 184 valence electrons. The van der Waals surface area contributed by atoms with E-state index in [1.165, 1.54) is 19.3 Å². The van der Waals surface area contributed by atoms with Gasteiger partial charge in [0.15, 0.2) is 0 Å². The molecule has 2 aliphatic heterocycles. The zero-order valence-corrected chi connectivity index (χ0v) is 20.4. The molecule has 4 aromatic rings. The standard InChI is InChI=1S/C29H30N4O3/c1-18-8-7-11-24-25(18)22(17-33(24)16-19(34)15-32-12-5-2-6-13-32)27-26(28(35)31-29(27)36)21-14-30-23-10-4-3-9-20(21)23/h3-4,7-11,14,17,19,30,34H,2,5-6,12-13,15-16H2,1H3,(H,31,35,36). The highest BCUT2D eigenvalue weighted by atomic mass is 16.3. The molecule has 1 atom stereocenters. The molecular weight excluding hydrogens is 452 g/mol. The number of hydrogen-bond acceptors (Lipinski definition) is 4. The Balaban J connectivity index is 1.47. The van der Waals surface area contributed by atoms with Crippen LogP contribution in [0.3, 0.4) is 0 Å². The van der Waals surface area contributed by atoms with Crippen LogP contribution in [-0.2, 0) is 16.1 Å². The van der Waals surface area contributed by atoms with Gasteiger partial charge in [-0.05, 0) is 50.6 Å². The van der Waals surface area contributed by atoms with Gasteiger partial charge in [0.1, 0.15) is 0 Å². The van der Waals surface area contributed by atoms with Crippen molar-refractivity contribution in [3.8, 4) is 0 Å². The Morgan fingerprint density at radius 3 is 2.47 bits per heavy atom. The Hall–Kier alpha value is -3.68. The molecule has 2 aromatic heterocycles. The van der Waals surface area contributed by atoms with Crippen LogP contribution in [0.25, 0.3) is 33.0 Å². The third-order valence-corrected chi connectivity index (χ3v) is 7.50. The van der Waals surface area contributed by atoms with Crippen LogP contribution in [0.1, 0.15) is 36.0 Å². The fourth-order valence-electron chi connectivity index (χ4n) is 5.84. The molecule has 2 amide bonds. The van der Waals surface area contributed by atoms with Gasteiger partial charge in [0.25, 0.3) is 11.8 Å². The van der Waals surface area contributed by atoms with Crippen molar-refractivity contribution in [2.24, 2.45) is 0 Å². The molecule has 0 radical (unpaired) electrons. The fourth-order valence-corrected chi connectivity index (χ4v) is 5.84. The minimum atomic E-state index is -0.534. The van der Waals surface area contributed by atoms with Crippen LogP contribution in [0.2, 0.25) is 0 Å². The largest absolute Gasteiger partial charge is 0.390 e. The van der Waals surface area contributed by atoms with Gasteiger partial charge in [-0.25, -0.2) is 0 Å². The zero-order valence-electron chi connectivity index (χ0n) is 20.4. The summed E-state index contributed by atoms with van der Waals surface area (Å²) < 4.78 is 2.03. The van der Waals surface area contributed by atoms with E-state index in [1.807, 2.05) is 60.2 Å². The van der Waals surface area contributed by atoms with E-state index < -0.39 is 12.0 Å². The summed E-state index contributed by atoms with van der Waals surface area (Å²) in [5.41, 5.74) is 5.07. The second-order valence-corrected chi connectivity index (χ2v) is 9.96. The van der Waals surface area contributed by atoms with Crippen LogP contribution in [0.4, 0.5) is 0 Å². The van der Waals surface area contributed by atoms with Crippen LogP contribution < -0.4 is 5.32 Å². The molecule has 0 saturated carbocycles. The number of nitrogens with one attached hydrogen (secondary N) is 2. The quantitative estimate of drug-likeness (QED) is 0.364. The smallest absolute Gasteiger partial charge is 0.259 e. The molecular formula is C29H30N4O3. The number of aryl methyl sites for hydroxylation is 1. The molecule has 6 rings (SSSR count). The predicted octanol–water partition coefficient (Wildman–Crippen LogP) is 3.85. The van der Waals surface area contributed by atoms with Crippen LogP contribution in [0, 0.1) is 6.92 Å². The molecule has 0 spiro atoms. The highest BCUT2D eigenvalue weighted by Gasteiger charge is 2.35. The summed E-state index contributed by atoms with van der Waals surface area (Å²) in [5.74, 6) is -0.782. The van der Waals surface area contributed by atoms with E-state index in [1.54, 1.807) is 6.20 Å². The number of para-hydroxylation sites is 1. The normalized spacial score (nSPS) is 17.9. The first-order valence-corrected chi connectivity index (χ1v) is 12.7. The highest BCUT2D eigenvalue weighted by Crippen LogP contribution is 2.39. The Labute approximate surface area is 209 Å². The second-order valence-electron chi connectivity index (χ2n) is 9.96. The van der Waals surface area contributed by atoms with Gasteiger partial charge in [-0.1, -0.05) is 36.8 Å². The van der Waals surface area contributed by atoms with Gasteiger partial charge in [0, 0.05) is 58.4 Å². The molecule has 0 aliphatic carbocycles. The van der Waals surface area contributed by atoms with E-state index >= 15 is 0 Å². The fraction of sp³-hybridized carbons (Fsp3) is 0.310. The first kappa shape index (κ1) is 22.8. The van der Waals surface area contributed by atoms with Crippen molar-refractivity contribution in [1.82, 2.24) is 19.8 Å². The number of rotatable bonds is 6. The molecule has 3 N–H and O–H groups in total. The minimum absolute atomic E-state index is 0.383. The van der Waals surface area contributed by atoms with Crippen molar-refractivity contribution in [1.29, 1.82) is 0 Å². The third kappa shape index (κ3) is 3.85. The van der Waals surface area contributed by atoms with Crippen LogP contribution >= 0.6 is 0 Å². The van der Waals surface area contributed by atoms with Crippen LogP contribution in [0.15, 0.2) is 54.9 Å². The summed E-state index contributed by atoms with van der Waals surface area (Å²) in [7, 11) is 0. The molecule has 2 aromatic carbocycles. The molecule has 0 bridgehead atoms. The number of hydrogen-bond donors (Lipinski definition) is 3. The number of carbonyl (C=O) groups excluding carboxylic acids is 2. The van der Waals surface area contributed by atoms with E-state index in [9.17, 15) is 14.7 Å². The number of fused-ring (bicyclic) bond motifs is 2. The molecule has 1 unspecified atom stereocenters. The number of H-pyrrole nitrogens is 1. The molecule has 7 nitrogen and oxygen atoms in total.